The molecule has 0 aliphatic heterocycles. The molecule has 0 atom stereocenters. The highest BCUT2D eigenvalue weighted by Gasteiger charge is 2.15. The minimum Gasteiger partial charge on any atom is -0.476 e. The third-order valence-corrected chi connectivity index (χ3v) is 3.75. The third kappa shape index (κ3) is 2.85. The van der Waals surface area contributed by atoms with Crippen LogP contribution in [0, 0.1) is 11.6 Å². The lowest BCUT2D eigenvalue weighted by Crippen LogP contribution is -2.11. The second kappa shape index (κ2) is 5.89. The summed E-state index contributed by atoms with van der Waals surface area (Å²) in [7, 11) is 0. The molecular formula is C16H11ClF2N2O2. The lowest BCUT2D eigenvalue weighted by Gasteiger charge is -2.12. The molecule has 1 aromatic carbocycles. The van der Waals surface area contributed by atoms with Crippen molar-refractivity contribution in [1.82, 2.24) is 4.40 Å². The first-order valence-electron chi connectivity index (χ1n) is 6.68. The van der Waals surface area contributed by atoms with Crippen LogP contribution in [0.1, 0.15) is 16.1 Å². The van der Waals surface area contributed by atoms with Gasteiger partial charge in [-0.3, -0.25) is 0 Å². The summed E-state index contributed by atoms with van der Waals surface area (Å²) < 4.78 is 28.4. The molecular weight excluding hydrogens is 326 g/mol. The van der Waals surface area contributed by atoms with E-state index in [2.05, 4.69) is 5.32 Å². The molecule has 0 fully saturated rings. The number of benzene rings is 1. The fourth-order valence-electron chi connectivity index (χ4n) is 2.36. The topological polar surface area (TPSA) is 53.7 Å². The fourth-order valence-corrected chi connectivity index (χ4v) is 2.55. The molecule has 4 nitrogen and oxygen atoms in total. The lowest BCUT2D eigenvalue weighted by atomic mass is 10.2. The van der Waals surface area contributed by atoms with Crippen molar-refractivity contribution in [2.75, 3.05) is 5.32 Å². The second-order valence-electron chi connectivity index (χ2n) is 4.92. The van der Waals surface area contributed by atoms with Gasteiger partial charge in [-0.2, -0.15) is 0 Å². The molecule has 2 aromatic heterocycles. The van der Waals surface area contributed by atoms with Crippen molar-refractivity contribution in [2.45, 2.75) is 6.54 Å². The molecule has 3 aromatic rings. The van der Waals surface area contributed by atoms with E-state index in [1.54, 1.807) is 30.5 Å². The van der Waals surface area contributed by atoms with Crippen LogP contribution in [0.25, 0.3) is 5.52 Å². The summed E-state index contributed by atoms with van der Waals surface area (Å²) in [5, 5.41) is 12.1. The number of hydrogen-bond acceptors (Lipinski definition) is 2. The normalized spacial score (nSPS) is 10.9. The van der Waals surface area contributed by atoms with E-state index in [4.69, 9.17) is 11.6 Å². The SMILES string of the molecule is O=C(O)c1c(NCc2cc(Cl)c(F)cc2F)ccc2cccn12. The largest absolute Gasteiger partial charge is 0.476 e. The summed E-state index contributed by atoms with van der Waals surface area (Å²) in [6, 6.07) is 8.71. The Morgan fingerprint density at radius 2 is 2.00 bits per heavy atom. The zero-order valence-corrected chi connectivity index (χ0v) is 12.4. The number of halogens is 3. The van der Waals surface area contributed by atoms with E-state index in [0.717, 1.165) is 5.52 Å². The summed E-state index contributed by atoms with van der Waals surface area (Å²) in [4.78, 5) is 11.5. The standard InChI is InChI=1S/C16H11ClF2N2O2/c17-11-6-9(12(18)7-13(11)19)8-20-14-4-3-10-2-1-5-21(10)15(14)16(22)23/h1-7,20H,8H2,(H,22,23). The molecule has 0 spiro atoms. The summed E-state index contributed by atoms with van der Waals surface area (Å²) in [5.41, 5.74) is 1.21. The van der Waals surface area contributed by atoms with Crippen LogP contribution in [-0.2, 0) is 6.54 Å². The van der Waals surface area contributed by atoms with Crippen molar-refractivity contribution in [3.05, 3.63) is 70.5 Å². The van der Waals surface area contributed by atoms with Crippen LogP contribution in [0.15, 0.2) is 42.6 Å². The van der Waals surface area contributed by atoms with Gasteiger partial charge in [0.2, 0.25) is 0 Å². The monoisotopic (exact) mass is 336 g/mol. The Labute approximate surface area is 134 Å². The summed E-state index contributed by atoms with van der Waals surface area (Å²) in [6.45, 7) is -0.0289. The smallest absolute Gasteiger partial charge is 0.355 e. The molecule has 0 amide bonds. The average Bonchev–Trinajstić information content (AvgIpc) is 2.97. The number of carbonyl (C=O) groups is 1. The highest BCUT2D eigenvalue weighted by atomic mass is 35.5. The van der Waals surface area contributed by atoms with E-state index >= 15 is 0 Å². The number of hydrogen-bond donors (Lipinski definition) is 2. The van der Waals surface area contributed by atoms with Gasteiger partial charge in [0.25, 0.3) is 0 Å². The Hall–Kier alpha value is -2.60. The van der Waals surface area contributed by atoms with Crippen LogP contribution < -0.4 is 5.32 Å². The number of aromatic nitrogens is 1. The molecule has 0 radical (unpaired) electrons. The number of aromatic carboxylic acids is 1. The molecule has 0 bridgehead atoms. The van der Waals surface area contributed by atoms with Crippen molar-refractivity contribution in [3.8, 4) is 0 Å². The van der Waals surface area contributed by atoms with Crippen LogP contribution in [0.3, 0.4) is 0 Å². The van der Waals surface area contributed by atoms with Gasteiger partial charge in [0.1, 0.15) is 11.6 Å². The maximum absolute atomic E-state index is 13.7. The van der Waals surface area contributed by atoms with Gasteiger partial charge in [0, 0.05) is 29.9 Å². The van der Waals surface area contributed by atoms with E-state index in [1.807, 2.05) is 0 Å². The second-order valence-corrected chi connectivity index (χ2v) is 5.32. The third-order valence-electron chi connectivity index (χ3n) is 3.46. The number of fused-ring (bicyclic) bond motifs is 1. The number of nitrogens with one attached hydrogen (secondary N) is 1. The zero-order valence-electron chi connectivity index (χ0n) is 11.7. The Bertz CT molecular complexity index is 908. The van der Waals surface area contributed by atoms with Crippen LogP contribution in [-0.4, -0.2) is 15.5 Å². The molecule has 0 aliphatic carbocycles. The molecule has 0 unspecified atom stereocenters. The average molecular weight is 337 g/mol. The van der Waals surface area contributed by atoms with Crippen molar-refractivity contribution in [2.24, 2.45) is 0 Å². The minimum atomic E-state index is -1.12. The number of rotatable bonds is 4. The van der Waals surface area contributed by atoms with Crippen LogP contribution in [0.4, 0.5) is 14.5 Å². The highest BCUT2D eigenvalue weighted by Crippen LogP contribution is 2.23. The lowest BCUT2D eigenvalue weighted by molar-refractivity contribution is 0.0690. The zero-order chi connectivity index (χ0) is 16.6. The number of carboxylic acids is 1. The first-order valence-corrected chi connectivity index (χ1v) is 7.06. The van der Waals surface area contributed by atoms with Gasteiger partial charge in [0.05, 0.1) is 10.7 Å². The van der Waals surface area contributed by atoms with E-state index in [9.17, 15) is 18.7 Å². The molecule has 0 saturated carbocycles. The molecule has 0 saturated heterocycles. The van der Waals surface area contributed by atoms with Crippen molar-refractivity contribution in [3.63, 3.8) is 0 Å². The molecule has 118 valence electrons. The number of pyridine rings is 1. The van der Waals surface area contributed by atoms with Gasteiger partial charge in [-0.1, -0.05) is 11.6 Å². The Morgan fingerprint density at radius 3 is 2.74 bits per heavy atom. The van der Waals surface area contributed by atoms with Gasteiger partial charge in [-0.25, -0.2) is 13.6 Å². The van der Waals surface area contributed by atoms with E-state index < -0.39 is 17.6 Å². The van der Waals surface area contributed by atoms with Crippen molar-refractivity contribution >= 4 is 28.8 Å². The molecule has 0 aliphatic rings. The Balaban J connectivity index is 1.95. The predicted molar refractivity (Wildman–Crippen MR) is 83.1 cm³/mol. The summed E-state index contributed by atoms with van der Waals surface area (Å²) in [6.07, 6.45) is 1.62. The predicted octanol–water partition coefficient (Wildman–Crippen LogP) is 4.18. The van der Waals surface area contributed by atoms with Crippen LogP contribution in [0.2, 0.25) is 5.02 Å². The number of nitrogens with zero attached hydrogens (tertiary/aromatic N) is 1. The van der Waals surface area contributed by atoms with Crippen LogP contribution >= 0.6 is 11.6 Å². The molecule has 3 rings (SSSR count). The van der Waals surface area contributed by atoms with Crippen LogP contribution in [0.5, 0.6) is 0 Å². The van der Waals surface area contributed by atoms with Gasteiger partial charge in [-0.15, -0.1) is 0 Å². The molecule has 23 heavy (non-hydrogen) atoms. The Kier molecular flexibility index (Phi) is 3.92. The maximum atomic E-state index is 13.7. The number of carboxylic acid groups (broad SMARTS) is 1. The summed E-state index contributed by atoms with van der Waals surface area (Å²) in [5.74, 6) is -2.71. The highest BCUT2D eigenvalue weighted by molar-refractivity contribution is 6.30. The van der Waals surface area contributed by atoms with E-state index in [-0.39, 0.29) is 22.8 Å². The Morgan fingerprint density at radius 1 is 1.22 bits per heavy atom. The molecule has 2 heterocycles. The molecule has 2 N–H and O–H groups in total. The minimum absolute atomic E-state index is 0.0288. The fraction of sp³-hybridized carbons (Fsp3) is 0.0625. The van der Waals surface area contributed by atoms with Gasteiger partial charge < -0.3 is 14.8 Å². The molecule has 7 heteroatoms. The first kappa shape index (κ1) is 15.3. The number of anilines is 1. The quantitative estimate of drug-likeness (QED) is 0.703. The maximum Gasteiger partial charge on any atom is 0.355 e. The van der Waals surface area contributed by atoms with E-state index in [0.29, 0.717) is 11.8 Å². The first-order chi connectivity index (χ1) is 11.0. The van der Waals surface area contributed by atoms with Gasteiger partial charge in [-0.05, 0) is 30.3 Å². The van der Waals surface area contributed by atoms with Gasteiger partial charge >= 0.3 is 5.97 Å². The van der Waals surface area contributed by atoms with Crippen molar-refractivity contribution < 1.29 is 18.7 Å². The van der Waals surface area contributed by atoms with Crippen molar-refractivity contribution in [1.29, 1.82) is 0 Å². The van der Waals surface area contributed by atoms with Gasteiger partial charge in [0.15, 0.2) is 5.69 Å². The van der Waals surface area contributed by atoms with E-state index in [1.165, 1.54) is 10.5 Å². The summed E-state index contributed by atoms with van der Waals surface area (Å²) >= 11 is 5.65.